The summed E-state index contributed by atoms with van der Waals surface area (Å²) in [6, 6.07) is 7.76. The summed E-state index contributed by atoms with van der Waals surface area (Å²) in [6.45, 7) is 4.58. The molecule has 1 aromatic heterocycles. The Balaban J connectivity index is 1.92. The van der Waals surface area contributed by atoms with Gasteiger partial charge in [0.05, 0.1) is 15.6 Å². The highest BCUT2D eigenvalue weighted by Gasteiger charge is 2.25. The van der Waals surface area contributed by atoms with E-state index in [2.05, 4.69) is 4.98 Å². The van der Waals surface area contributed by atoms with Crippen molar-refractivity contribution < 1.29 is 9.47 Å². The van der Waals surface area contributed by atoms with Gasteiger partial charge < -0.3 is 9.47 Å². The normalized spacial score (nSPS) is 18.1. The molecule has 0 amide bonds. The lowest BCUT2D eigenvalue weighted by atomic mass is 10.2. The van der Waals surface area contributed by atoms with Crippen LogP contribution in [-0.2, 0) is 0 Å². The summed E-state index contributed by atoms with van der Waals surface area (Å²) < 4.78 is 11.7. The predicted molar refractivity (Wildman–Crippen MR) is 66.9 cm³/mol. The van der Waals surface area contributed by atoms with Crippen LogP contribution in [0.2, 0.25) is 0 Å². The second-order valence-corrected chi connectivity index (χ2v) is 5.28. The van der Waals surface area contributed by atoms with Crippen molar-refractivity contribution in [1.82, 2.24) is 4.98 Å². The third-order valence-corrected chi connectivity index (χ3v) is 3.91. The molecule has 1 aliphatic heterocycles. The van der Waals surface area contributed by atoms with Gasteiger partial charge >= 0.3 is 0 Å². The summed E-state index contributed by atoms with van der Waals surface area (Å²) in [5.41, 5.74) is 1.04. The van der Waals surface area contributed by atoms with E-state index in [4.69, 9.17) is 9.47 Å². The number of fused-ring (bicyclic) bond motifs is 1. The fourth-order valence-electron chi connectivity index (χ4n) is 1.99. The molecule has 3 rings (SSSR count). The van der Waals surface area contributed by atoms with Gasteiger partial charge in [0.25, 0.3) is 0 Å². The second kappa shape index (κ2) is 4.04. The summed E-state index contributed by atoms with van der Waals surface area (Å²) in [5.74, 6) is 1.64. The van der Waals surface area contributed by atoms with Crippen LogP contribution in [0.4, 0.5) is 0 Å². The highest BCUT2D eigenvalue weighted by atomic mass is 32.1. The molecule has 0 saturated heterocycles. The lowest BCUT2D eigenvalue weighted by Crippen LogP contribution is -2.21. The Kier molecular flexibility index (Phi) is 2.52. The Morgan fingerprint density at radius 1 is 1.24 bits per heavy atom. The van der Waals surface area contributed by atoms with Gasteiger partial charge in [0.15, 0.2) is 17.6 Å². The van der Waals surface area contributed by atoms with Crippen LogP contribution in [0.1, 0.15) is 21.7 Å². The third kappa shape index (κ3) is 1.89. The van der Waals surface area contributed by atoms with Crippen molar-refractivity contribution in [3.8, 4) is 11.5 Å². The molecule has 3 nitrogen and oxygen atoms in total. The minimum atomic E-state index is -0.0314. The monoisotopic (exact) mass is 247 g/mol. The van der Waals surface area contributed by atoms with Crippen molar-refractivity contribution in [1.29, 1.82) is 0 Å². The zero-order valence-corrected chi connectivity index (χ0v) is 10.6. The molecule has 0 fully saturated rings. The van der Waals surface area contributed by atoms with E-state index < -0.39 is 0 Å². The Hall–Kier alpha value is -1.55. The SMILES string of the molecule is Cc1nc(C)c(C2COc3ccccc3O2)s1. The average molecular weight is 247 g/mol. The molecule has 2 heterocycles. The van der Waals surface area contributed by atoms with E-state index in [0.29, 0.717) is 6.61 Å². The first-order valence-corrected chi connectivity index (χ1v) is 6.38. The van der Waals surface area contributed by atoms with Crippen LogP contribution in [0.15, 0.2) is 24.3 Å². The summed E-state index contributed by atoms with van der Waals surface area (Å²) >= 11 is 1.68. The minimum Gasteiger partial charge on any atom is -0.485 e. The molecule has 0 aliphatic carbocycles. The molecular weight excluding hydrogens is 234 g/mol. The summed E-state index contributed by atoms with van der Waals surface area (Å²) in [4.78, 5) is 5.59. The maximum absolute atomic E-state index is 5.96. The van der Waals surface area contributed by atoms with E-state index in [1.54, 1.807) is 11.3 Å². The molecule has 4 heteroatoms. The molecule has 2 aromatic rings. The summed E-state index contributed by atoms with van der Waals surface area (Å²) in [6.07, 6.45) is -0.0314. The van der Waals surface area contributed by atoms with Crippen LogP contribution < -0.4 is 9.47 Å². The second-order valence-electron chi connectivity index (χ2n) is 4.05. The van der Waals surface area contributed by atoms with E-state index in [9.17, 15) is 0 Å². The highest BCUT2D eigenvalue weighted by molar-refractivity contribution is 7.11. The molecular formula is C13H13NO2S. The van der Waals surface area contributed by atoms with Crippen molar-refractivity contribution in [2.75, 3.05) is 6.61 Å². The molecule has 1 aliphatic rings. The number of para-hydroxylation sites is 2. The van der Waals surface area contributed by atoms with Gasteiger partial charge in [0.1, 0.15) is 6.61 Å². The van der Waals surface area contributed by atoms with Crippen LogP contribution in [0.25, 0.3) is 0 Å². The lowest BCUT2D eigenvalue weighted by molar-refractivity contribution is 0.0932. The predicted octanol–water partition coefficient (Wildman–Crippen LogP) is 3.27. The van der Waals surface area contributed by atoms with Gasteiger partial charge in [-0.15, -0.1) is 11.3 Å². The smallest absolute Gasteiger partial charge is 0.169 e. The topological polar surface area (TPSA) is 31.4 Å². The van der Waals surface area contributed by atoms with Crippen molar-refractivity contribution >= 4 is 11.3 Å². The Labute approximate surface area is 104 Å². The minimum absolute atomic E-state index is 0.0314. The zero-order chi connectivity index (χ0) is 11.8. The van der Waals surface area contributed by atoms with Gasteiger partial charge in [-0.2, -0.15) is 0 Å². The molecule has 0 saturated carbocycles. The standard InChI is InChI=1S/C13H13NO2S/c1-8-13(17-9(2)14-8)12-7-15-10-5-3-4-6-11(10)16-12/h3-6,12H,7H2,1-2H3. The van der Waals surface area contributed by atoms with Crippen LogP contribution in [-0.4, -0.2) is 11.6 Å². The quantitative estimate of drug-likeness (QED) is 0.775. The highest BCUT2D eigenvalue weighted by Crippen LogP contribution is 2.38. The maximum Gasteiger partial charge on any atom is 0.169 e. The molecule has 1 aromatic carbocycles. The molecule has 0 bridgehead atoms. The van der Waals surface area contributed by atoms with Gasteiger partial charge in [-0.1, -0.05) is 12.1 Å². The summed E-state index contributed by atoms with van der Waals surface area (Å²) in [7, 11) is 0. The molecule has 17 heavy (non-hydrogen) atoms. The van der Waals surface area contributed by atoms with E-state index in [-0.39, 0.29) is 6.10 Å². The van der Waals surface area contributed by atoms with Gasteiger partial charge in [-0.25, -0.2) is 4.98 Å². The number of aromatic nitrogens is 1. The van der Waals surface area contributed by atoms with Crippen LogP contribution in [0, 0.1) is 13.8 Å². The Bertz CT molecular complexity index is 550. The van der Waals surface area contributed by atoms with Gasteiger partial charge in [0, 0.05) is 0 Å². The largest absolute Gasteiger partial charge is 0.485 e. The summed E-state index contributed by atoms with van der Waals surface area (Å²) in [5, 5.41) is 1.07. The van der Waals surface area contributed by atoms with E-state index in [0.717, 1.165) is 27.1 Å². The van der Waals surface area contributed by atoms with Crippen LogP contribution in [0.3, 0.4) is 0 Å². The van der Waals surface area contributed by atoms with Crippen molar-refractivity contribution in [2.45, 2.75) is 20.0 Å². The molecule has 0 spiro atoms. The fourth-order valence-corrected chi connectivity index (χ4v) is 2.94. The van der Waals surface area contributed by atoms with Crippen molar-refractivity contribution in [3.63, 3.8) is 0 Å². The van der Waals surface area contributed by atoms with Gasteiger partial charge in [-0.3, -0.25) is 0 Å². The van der Waals surface area contributed by atoms with E-state index in [1.807, 2.05) is 38.1 Å². The third-order valence-electron chi connectivity index (χ3n) is 2.74. The Morgan fingerprint density at radius 2 is 2.00 bits per heavy atom. The molecule has 0 N–H and O–H groups in total. The first-order valence-electron chi connectivity index (χ1n) is 5.56. The van der Waals surface area contributed by atoms with E-state index >= 15 is 0 Å². The number of nitrogens with zero attached hydrogens (tertiary/aromatic N) is 1. The molecule has 0 radical (unpaired) electrons. The number of aryl methyl sites for hydroxylation is 2. The number of thiazole rings is 1. The van der Waals surface area contributed by atoms with E-state index in [1.165, 1.54) is 0 Å². The molecule has 1 unspecified atom stereocenters. The number of rotatable bonds is 1. The average Bonchev–Trinajstić information content (AvgIpc) is 2.68. The maximum atomic E-state index is 5.96. The fraction of sp³-hybridized carbons (Fsp3) is 0.308. The van der Waals surface area contributed by atoms with Crippen LogP contribution in [0.5, 0.6) is 11.5 Å². The van der Waals surface area contributed by atoms with Crippen molar-refractivity contribution in [2.24, 2.45) is 0 Å². The van der Waals surface area contributed by atoms with Gasteiger partial charge in [-0.05, 0) is 26.0 Å². The van der Waals surface area contributed by atoms with Gasteiger partial charge in [0.2, 0.25) is 0 Å². The van der Waals surface area contributed by atoms with Crippen LogP contribution >= 0.6 is 11.3 Å². The number of benzene rings is 1. The molecule has 1 atom stereocenters. The number of ether oxygens (including phenoxy) is 2. The first kappa shape index (κ1) is 10.6. The lowest BCUT2D eigenvalue weighted by Gasteiger charge is -2.25. The zero-order valence-electron chi connectivity index (χ0n) is 9.77. The first-order chi connectivity index (χ1) is 8.24. The Morgan fingerprint density at radius 3 is 2.71 bits per heavy atom. The van der Waals surface area contributed by atoms with Crippen molar-refractivity contribution in [3.05, 3.63) is 39.8 Å². The number of hydrogen-bond donors (Lipinski definition) is 0. The molecule has 88 valence electrons. The number of hydrogen-bond acceptors (Lipinski definition) is 4.